The zero-order chi connectivity index (χ0) is 16.2. The molecule has 0 aliphatic carbocycles. The van der Waals surface area contributed by atoms with Gasteiger partial charge in [-0.25, -0.2) is 9.37 Å². The lowest BCUT2D eigenvalue weighted by Crippen LogP contribution is -2.36. The summed E-state index contributed by atoms with van der Waals surface area (Å²) < 4.78 is 13.8. The summed E-state index contributed by atoms with van der Waals surface area (Å²) in [5, 5.41) is 13.0. The van der Waals surface area contributed by atoms with Crippen LogP contribution < -0.4 is 10.2 Å². The first-order chi connectivity index (χ1) is 11.1. The molecule has 4 nitrogen and oxygen atoms in total. The maximum absolute atomic E-state index is 13.8. The quantitative estimate of drug-likeness (QED) is 0.908. The van der Waals surface area contributed by atoms with Crippen molar-refractivity contribution < 1.29 is 9.50 Å². The lowest BCUT2D eigenvalue weighted by atomic mass is 10.0. The molecule has 2 heterocycles. The Hall–Kier alpha value is -2.14. The summed E-state index contributed by atoms with van der Waals surface area (Å²) in [5.41, 5.74) is 1.93. The van der Waals surface area contributed by atoms with Crippen LogP contribution in [0.2, 0.25) is 0 Å². The van der Waals surface area contributed by atoms with E-state index in [9.17, 15) is 9.50 Å². The van der Waals surface area contributed by atoms with E-state index >= 15 is 0 Å². The van der Waals surface area contributed by atoms with Crippen LogP contribution in [-0.2, 0) is 0 Å². The van der Waals surface area contributed by atoms with Gasteiger partial charge in [0, 0.05) is 30.5 Å². The van der Waals surface area contributed by atoms with E-state index in [1.165, 1.54) is 6.07 Å². The van der Waals surface area contributed by atoms with Crippen molar-refractivity contribution in [1.29, 1.82) is 0 Å². The summed E-state index contributed by atoms with van der Waals surface area (Å²) in [6, 6.07) is 10.5. The van der Waals surface area contributed by atoms with Crippen molar-refractivity contribution in [3.05, 3.63) is 54.0 Å². The minimum atomic E-state index is -0.240. The van der Waals surface area contributed by atoms with Gasteiger partial charge in [-0.2, -0.15) is 0 Å². The number of aliphatic hydroxyl groups is 1. The lowest BCUT2D eigenvalue weighted by Gasteiger charge is -2.34. The van der Waals surface area contributed by atoms with Crippen LogP contribution in [0.3, 0.4) is 0 Å². The average molecular weight is 315 g/mol. The first kappa shape index (κ1) is 15.7. The van der Waals surface area contributed by atoms with Crippen molar-refractivity contribution in [2.24, 2.45) is 0 Å². The van der Waals surface area contributed by atoms with Gasteiger partial charge in [0.1, 0.15) is 11.6 Å². The number of rotatable bonds is 4. The molecular formula is C18H22FN3O. The molecule has 0 saturated carbocycles. The van der Waals surface area contributed by atoms with Crippen LogP contribution in [0.15, 0.2) is 42.6 Å². The molecule has 1 saturated heterocycles. The summed E-state index contributed by atoms with van der Waals surface area (Å²) >= 11 is 0. The molecule has 1 aliphatic rings. The van der Waals surface area contributed by atoms with Crippen LogP contribution in [0.1, 0.15) is 31.4 Å². The predicted octanol–water partition coefficient (Wildman–Crippen LogP) is 3.35. The molecule has 0 bridgehead atoms. The van der Waals surface area contributed by atoms with Gasteiger partial charge in [-0.05, 0) is 50.1 Å². The van der Waals surface area contributed by atoms with Gasteiger partial charge in [-0.15, -0.1) is 0 Å². The van der Waals surface area contributed by atoms with E-state index in [0.717, 1.165) is 43.0 Å². The van der Waals surface area contributed by atoms with Gasteiger partial charge in [0.25, 0.3) is 0 Å². The van der Waals surface area contributed by atoms with Crippen molar-refractivity contribution in [2.45, 2.75) is 31.9 Å². The minimum absolute atomic E-state index is 0.0672. The third-order valence-corrected chi connectivity index (χ3v) is 4.29. The first-order valence-electron chi connectivity index (χ1n) is 8.03. The summed E-state index contributed by atoms with van der Waals surface area (Å²) in [5.74, 6) is 0.528. The standard InChI is InChI=1S/C18H22FN3O/c1-13(21-18-4-2-3-9-20-18)16-12-14(19)5-6-17(16)22-10-7-15(23)8-11-22/h2-6,9,12-13,15,23H,7-8,10-11H2,1H3,(H,20,21). The van der Waals surface area contributed by atoms with Gasteiger partial charge in [-0.3, -0.25) is 0 Å². The number of hydrogen-bond donors (Lipinski definition) is 2. The molecule has 0 spiro atoms. The SMILES string of the molecule is CC(Nc1ccccn1)c1cc(F)ccc1N1CCC(O)CC1. The highest BCUT2D eigenvalue weighted by Gasteiger charge is 2.21. The normalized spacial score (nSPS) is 17.1. The molecule has 3 rings (SSSR count). The van der Waals surface area contributed by atoms with Gasteiger partial charge in [-0.1, -0.05) is 6.07 Å². The number of aliphatic hydroxyl groups excluding tert-OH is 1. The van der Waals surface area contributed by atoms with Crippen LogP contribution in [0.5, 0.6) is 0 Å². The zero-order valence-corrected chi connectivity index (χ0v) is 13.2. The van der Waals surface area contributed by atoms with Crippen molar-refractivity contribution in [3.8, 4) is 0 Å². The molecule has 1 aromatic carbocycles. The Morgan fingerprint density at radius 1 is 1.26 bits per heavy atom. The first-order valence-corrected chi connectivity index (χ1v) is 8.03. The summed E-state index contributed by atoms with van der Waals surface area (Å²) in [4.78, 5) is 6.49. The van der Waals surface area contributed by atoms with E-state index in [4.69, 9.17) is 0 Å². The molecule has 5 heteroatoms. The Morgan fingerprint density at radius 2 is 2.04 bits per heavy atom. The Kier molecular flexibility index (Phi) is 4.76. The van der Waals surface area contributed by atoms with Gasteiger partial charge >= 0.3 is 0 Å². The molecule has 23 heavy (non-hydrogen) atoms. The van der Waals surface area contributed by atoms with Crippen LogP contribution in [-0.4, -0.2) is 29.3 Å². The average Bonchev–Trinajstić information content (AvgIpc) is 2.56. The lowest BCUT2D eigenvalue weighted by molar-refractivity contribution is 0.145. The molecule has 1 unspecified atom stereocenters. The third-order valence-electron chi connectivity index (χ3n) is 4.29. The molecule has 1 fully saturated rings. The molecule has 1 aliphatic heterocycles. The van der Waals surface area contributed by atoms with Gasteiger partial charge < -0.3 is 15.3 Å². The van der Waals surface area contributed by atoms with Crippen LogP contribution in [0, 0.1) is 5.82 Å². The van der Waals surface area contributed by atoms with Crippen molar-refractivity contribution in [3.63, 3.8) is 0 Å². The van der Waals surface area contributed by atoms with Gasteiger partial charge in [0.2, 0.25) is 0 Å². The molecule has 122 valence electrons. The number of piperidine rings is 1. The molecule has 0 amide bonds. The molecule has 0 radical (unpaired) electrons. The van der Waals surface area contributed by atoms with E-state index < -0.39 is 0 Å². The molecule has 1 aromatic heterocycles. The second-order valence-electron chi connectivity index (χ2n) is 6.00. The maximum atomic E-state index is 13.8. The van der Waals surface area contributed by atoms with Crippen molar-refractivity contribution in [1.82, 2.24) is 4.98 Å². The second-order valence-corrected chi connectivity index (χ2v) is 6.00. The fourth-order valence-electron chi connectivity index (χ4n) is 3.01. The molecule has 2 N–H and O–H groups in total. The summed E-state index contributed by atoms with van der Waals surface area (Å²) in [6.45, 7) is 3.58. The number of hydrogen-bond acceptors (Lipinski definition) is 4. The van der Waals surface area contributed by atoms with Crippen molar-refractivity contribution in [2.75, 3.05) is 23.3 Å². The number of pyridine rings is 1. The van der Waals surface area contributed by atoms with Crippen LogP contribution in [0.4, 0.5) is 15.9 Å². The zero-order valence-electron chi connectivity index (χ0n) is 13.2. The van der Waals surface area contributed by atoms with E-state index in [1.807, 2.05) is 31.2 Å². The smallest absolute Gasteiger partial charge is 0.126 e. The number of nitrogens with one attached hydrogen (secondary N) is 1. The largest absolute Gasteiger partial charge is 0.393 e. The molecular weight excluding hydrogens is 293 g/mol. The molecule has 2 aromatic rings. The minimum Gasteiger partial charge on any atom is -0.393 e. The van der Waals surface area contributed by atoms with Crippen molar-refractivity contribution >= 4 is 11.5 Å². The highest BCUT2D eigenvalue weighted by Crippen LogP contribution is 2.31. The van der Waals surface area contributed by atoms with Gasteiger partial charge in [0.15, 0.2) is 0 Å². The Labute approximate surface area is 136 Å². The van der Waals surface area contributed by atoms with Crippen LogP contribution in [0.25, 0.3) is 0 Å². The Bertz CT molecular complexity index is 642. The number of benzene rings is 1. The van der Waals surface area contributed by atoms with Crippen LogP contribution >= 0.6 is 0 Å². The van der Waals surface area contributed by atoms with E-state index in [1.54, 1.807) is 12.3 Å². The monoisotopic (exact) mass is 315 g/mol. The highest BCUT2D eigenvalue weighted by atomic mass is 19.1. The number of anilines is 2. The fourth-order valence-corrected chi connectivity index (χ4v) is 3.01. The fraction of sp³-hybridized carbons (Fsp3) is 0.389. The predicted molar refractivity (Wildman–Crippen MR) is 90.1 cm³/mol. The second kappa shape index (κ2) is 6.96. The van der Waals surface area contributed by atoms with Gasteiger partial charge in [0.05, 0.1) is 12.1 Å². The third kappa shape index (κ3) is 3.79. The molecule has 1 atom stereocenters. The number of halogens is 1. The Morgan fingerprint density at radius 3 is 2.74 bits per heavy atom. The summed E-state index contributed by atoms with van der Waals surface area (Å²) in [6.07, 6.45) is 3.00. The van der Waals surface area contributed by atoms with E-state index in [-0.39, 0.29) is 18.0 Å². The summed E-state index contributed by atoms with van der Waals surface area (Å²) in [7, 11) is 0. The highest BCUT2D eigenvalue weighted by molar-refractivity contribution is 5.57. The number of aromatic nitrogens is 1. The topological polar surface area (TPSA) is 48.4 Å². The maximum Gasteiger partial charge on any atom is 0.126 e. The van der Waals surface area contributed by atoms with E-state index in [0.29, 0.717) is 0 Å². The number of nitrogens with zero attached hydrogens (tertiary/aromatic N) is 2. The Balaban J connectivity index is 1.84. The van der Waals surface area contributed by atoms with E-state index in [2.05, 4.69) is 15.2 Å².